The number of rotatable bonds is 5. The molecule has 154 valence electrons. The second-order valence-corrected chi connectivity index (χ2v) is 8.31. The molecule has 1 saturated carbocycles. The maximum absolute atomic E-state index is 14.3. The van der Waals surface area contributed by atoms with E-state index in [1.165, 1.54) is 25.3 Å². The van der Waals surface area contributed by atoms with Gasteiger partial charge in [-0.2, -0.15) is 5.10 Å². The fourth-order valence-electron chi connectivity index (χ4n) is 5.07. The van der Waals surface area contributed by atoms with Gasteiger partial charge in [0.2, 0.25) is 0 Å². The van der Waals surface area contributed by atoms with E-state index >= 15 is 0 Å². The normalized spacial score (nSPS) is 25.0. The van der Waals surface area contributed by atoms with Gasteiger partial charge in [-0.15, -0.1) is 5.10 Å². The van der Waals surface area contributed by atoms with E-state index in [9.17, 15) is 13.6 Å². The number of halogens is 2. The first-order chi connectivity index (χ1) is 13.8. The monoisotopic (exact) mass is 402 g/mol. The molecule has 0 aliphatic heterocycles. The molecular weight excluding hydrogens is 378 g/mol. The summed E-state index contributed by atoms with van der Waals surface area (Å²) in [5, 5.41) is 8.52. The first-order valence-corrected chi connectivity index (χ1v) is 9.85. The fourth-order valence-corrected chi connectivity index (χ4v) is 5.07. The number of ether oxygens (including phenoxy) is 2. The van der Waals surface area contributed by atoms with Gasteiger partial charge in [0.15, 0.2) is 6.10 Å². The van der Waals surface area contributed by atoms with E-state index in [1.807, 2.05) is 6.92 Å². The second kappa shape index (κ2) is 6.83. The van der Waals surface area contributed by atoms with Crippen molar-refractivity contribution in [3.63, 3.8) is 0 Å². The number of methoxy groups -OCH3 is 1. The molecule has 0 spiro atoms. The third kappa shape index (κ3) is 2.70. The summed E-state index contributed by atoms with van der Waals surface area (Å²) in [6.07, 6.45) is 1.29. The van der Waals surface area contributed by atoms with Gasteiger partial charge in [-0.05, 0) is 48.9 Å². The lowest BCUT2D eigenvalue weighted by atomic mass is 9.77. The van der Waals surface area contributed by atoms with Crippen molar-refractivity contribution >= 4 is 5.97 Å². The van der Waals surface area contributed by atoms with E-state index in [-0.39, 0.29) is 22.6 Å². The van der Waals surface area contributed by atoms with Crippen LogP contribution in [0.2, 0.25) is 0 Å². The van der Waals surface area contributed by atoms with Gasteiger partial charge in [0, 0.05) is 5.41 Å². The quantitative estimate of drug-likeness (QED) is 0.689. The highest BCUT2D eigenvalue weighted by Crippen LogP contribution is 2.68. The Morgan fingerprint density at radius 2 is 1.97 bits per heavy atom. The molecule has 1 unspecified atom stereocenters. The van der Waals surface area contributed by atoms with Crippen molar-refractivity contribution in [2.75, 3.05) is 7.11 Å². The number of fused-ring (bicyclic) bond motifs is 5. The SMILES string of the molecule is CCC(O[C@@]12CC[C@@H](c3cc(-c4c(F)cccc4F)nnc31)C2(C)C)C(=O)OC. The molecule has 0 N–H and O–H groups in total. The second-order valence-electron chi connectivity index (χ2n) is 8.31. The molecule has 29 heavy (non-hydrogen) atoms. The van der Waals surface area contributed by atoms with E-state index in [4.69, 9.17) is 9.47 Å². The maximum atomic E-state index is 14.3. The maximum Gasteiger partial charge on any atom is 0.335 e. The van der Waals surface area contributed by atoms with Crippen LogP contribution in [-0.2, 0) is 19.9 Å². The van der Waals surface area contributed by atoms with Gasteiger partial charge in [-0.1, -0.05) is 26.8 Å². The Morgan fingerprint density at radius 3 is 2.59 bits per heavy atom. The van der Waals surface area contributed by atoms with Gasteiger partial charge in [0.1, 0.15) is 17.2 Å². The average Bonchev–Trinajstić information content (AvgIpc) is 3.05. The van der Waals surface area contributed by atoms with Gasteiger partial charge >= 0.3 is 5.97 Å². The van der Waals surface area contributed by atoms with E-state index in [0.717, 1.165) is 12.0 Å². The summed E-state index contributed by atoms with van der Waals surface area (Å²) in [4.78, 5) is 12.2. The van der Waals surface area contributed by atoms with Crippen LogP contribution in [0.25, 0.3) is 11.3 Å². The largest absolute Gasteiger partial charge is 0.467 e. The molecule has 7 heteroatoms. The third-order valence-electron chi connectivity index (χ3n) is 6.68. The smallest absolute Gasteiger partial charge is 0.335 e. The summed E-state index contributed by atoms with van der Waals surface area (Å²) >= 11 is 0. The number of aromatic nitrogens is 2. The lowest BCUT2D eigenvalue weighted by Gasteiger charge is -2.39. The Labute approximate surface area is 168 Å². The molecule has 0 amide bonds. The summed E-state index contributed by atoms with van der Waals surface area (Å²) in [5.74, 6) is -1.68. The van der Waals surface area contributed by atoms with Crippen molar-refractivity contribution < 1.29 is 23.0 Å². The van der Waals surface area contributed by atoms with E-state index < -0.39 is 29.3 Å². The third-order valence-corrected chi connectivity index (χ3v) is 6.68. The number of carbonyl (C=O) groups excluding carboxylic acids is 1. The number of esters is 1. The van der Waals surface area contributed by atoms with Crippen LogP contribution >= 0.6 is 0 Å². The lowest BCUT2D eigenvalue weighted by Crippen LogP contribution is -2.44. The summed E-state index contributed by atoms with van der Waals surface area (Å²) in [6, 6.07) is 5.45. The molecule has 0 radical (unpaired) electrons. The predicted octanol–water partition coefficient (Wildman–Crippen LogP) is 4.50. The Bertz CT molecular complexity index is 958. The molecule has 1 aromatic heterocycles. The standard InChI is InChI=1S/C22H24F2N2O3/c1-5-17(20(27)28-4)29-22-10-9-13(21(22,2)3)12-11-16(25-26-19(12)22)18-14(23)7-6-8-15(18)24/h6-8,11,13,17H,5,9-10H2,1-4H3/t13-,17?,22-/m0/s1. The summed E-state index contributed by atoms with van der Waals surface area (Å²) in [6.45, 7) is 6.03. The molecule has 1 fully saturated rings. The van der Waals surface area contributed by atoms with Crippen LogP contribution in [0.15, 0.2) is 24.3 Å². The van der Waals surface area contributed by atoms with Crippen LogP contribution in [0.5, 0.6) is 0 Å². The van der Waals surface area contributed by atoms with Crippen LogP contribution in [0, 0.1) is 17.0 Å². The molecule has 0 saturated heterocycles. The molecule has 2 aliphatic carbocycles. The van der Waals surface area contributed by atoms with Crippen LogP contribution in [0.3, 0.4) is 0 Å². The number of hydrogen-bond donors (Lipinski definition) is 0. The van der Waals surface area contributed by atoms with Crippen LogP contribution < -0.4 is 0 Å². The Balaban J connectivity index is 1.82. The van der Waals surface area contributed by atoms with Gasteiger partial charge in [-0.3, -0.25) is 0 Å². The van der Waals surface area contributed by atoms with Gasteiger partial charge in [-0.25, -0.2) is 13.6 Å². The number of hydrogen-bond acceptors (Lipinski definition) is 5. The van der Waals surface area contributed by atoms with E-state index in [2.05, 4.69) is 24.0 Å². The number of carbonyl (C=O) groups is 1. The van der Waals surface area contributed by atoms with E-state index in [0.29, 0.717) is 18.5 Å². The van der Waals surface area contributed by atoms with Gasteiger partial charge < -0.3 is 9.47 Å². The molecule has 5 nitrogen and oxygen atoms in total. The number of nitrogens with zero attached hydrogens (tertiary/aromatic N) is 2. The van der Waals surface area contributed by atoms with Gasteiger partial charge in [0.05, 0.1) is 24.1 Å². The molecule has 2 aromatic rings. The first kappa shape index (κ1) is 19.9. The molecule has 4 rings (SSSR count). The van der Waals surface area contributed by atoms with Crippen LogP contribution in [0.1, 0.15) is 57.2 Å². The average molecular weight is 402 g/mol. The van der Waals surface area contributed by atoms with Gasteiger partial charge in [0.25, 0.3) is 0 Å². The van der Waals surface area contributed by atoms with E-state index in [1.54, 1.807) is 6.07 Å². The highest BCUT2D eigenvalue weighted by Gasteiger charge is 2.65. The van der Waals surface area contributed by atoms with Crippen molar-refractivity contribution in [2.45, 2.75) is 57.7 Å². The molecule has 1 heterocycles. The molecule has 2 aliphatic rings. The van der Waals surface area contributed by atoms with Crippen molar-refractivity contribution in [3.8, 4) is 11.3 Å². The summed E-state index contributed by atoms with van der Waals surface area (Å²) in [5.41, 5.74) is 0.381. The lowest BCUT2D eigenvalue weighted by molar-refractivity contribution is -0.184. The minimum Gasteiger partial charge on any atom is -0.467 e. The Hall–Kier alpha value is -2.41. The molecular formula is C22H24F2N2O3. The molecule has 2 bridgehead atoms. The minimum atomic E-state index is -0.791. The molecule has 1 aromatic carbocycles. The zero-order valence-electron chi connectivity index (χ0n) is 17.0. The molecule has 3 atom stereocenters. The Kier molecular flexibility index (Phi) is 4.69. The van der Waals surface area contributed by atoms with Crippen molar-refractivity contribution in [1.82, 2.24) is 10.2 Å². The zero-order chi connectivity index (χ0) is 21.0. The highest BCUT2D eigenvalue weighted by atomic mass is 19.1. The fraction of sp³-hybridized carbons (Fsp3) is 0.500. The van der Waals surface area contributed by atoms with Crippen molar-refractivity contribution in [3.05, 3.63) is 47.2 Å². The van der Waals surface area contributed by atoms with Crippen LogP contribution in [-0.4, -0.2) is 29.4 Å². The Morgan fingerprint density at radius 1 is 1.28 bits per heavy atom. The highest BCUT2D eigenvalue weighted by molar-refractivity contribution is 5.74. The first-order valence-electron chi connectivity index (χ1n) is 9.85. The predicted molar refractivity (Wildman–Crippen MR) is 102 cm³/mol. The summed E-state index contributed by atoms with van der Waals surface area (Å²) in [7, 11) is 1.34. The minimum absolute atomic E-state index is 0.0942. The van der Waals surface area contributed by atoms with Crippen molar-refractivity contribution in [1.29, 1.82) is 0 Å². The van der Waals surface area contributed by atoms with Crippen molar-refractivity contribution in [2.24, 2.45) is 5.41 Å². The van der Waals surface area contributed by atoms with Crippen LogP contribution in [0.4, 0.5) is 8.78 Å². The number of benzene rings is 1. The zero-order valence-corrected chi connectivity index (χ0v) is 17.0. The summed E-state index contributed by atoms with van der Waals surface area (Å²) < 4.78 is 39.8. The topological polar surface area (TPSA) is 61.3 Å².